The van der Waals surface area contributed by atoms with E-state index in [9.17, 15) is 18.0 Å². The number of sulfonamides is 1. The number of nitrogens with two attached hydrogens (primary N) is 1. The van der Waals surface area contributed by atoms with Crippen molar-refractivity contribution in [2.45, 2.75) is 30.2 Å². The second-order valence-corrected chi connectivity index (χ2v) is 9.00. The predicted octanol–water partition coefficient (Wildman–Crippen LogP) is -0.336. The smallest absolute Gasteiger partial charge is 0.251 e. The Morgan fingerprint density at radius 1 is 1.35 bits per heavy atom. The molecule has 1 atom stereocenters. The monoisotopic (exact) mass is 380 g/mol. The Balaban J connectivity index is 1.73. The van der Waals surface area contributed by atoms with E-state index in [0.717, 1.165) is 17.1 Å². The van der Waals surface area contributed by atoms with Crippen molar-refractivity contribution in [2.75, 3.05) is 26.2 Å². The molecule has 142 valence electrons. The lowest BCUT2D eigenvalue weighted by Gasteiger charge is -2.29. The Morgan fingerprint density at radius 3 is 2.54 bits per heavy atom. The molecule has 2 fully saturated rings. The lowest BCUT2D eigenvalue weighted by molar-refractivity contribution is -0.122. The molecule has 1 aliphatic carbocycles. The number of hydrogen-bond acceptors (Lipinski definition) is 5. The number of carbonyl (C=O) groups excluding carboxylic acids is 2. The molecule has 1 saturated heterocycles. The average Bonchev–Trinajstić information content (AvgIpc) is 3.47. The number of benzene rings is 1. The third-order valence-electron chi connectivity index (χ3n) is 5.06. The summed E-state index contributed by atoms with van der Waals surface area (Å²) in [6.07, 6.45) is 2.10. The second kappa shape index (κ2) is 6.98. The van der Waals surface area contributed by atoms with Gasteiger partial charge in [-0.2, -0.15) is 4.31 Å². The molecule has 3 rings (SSSR count). The zero-order chi connectivity index (χ0) is 18.9. The van der Waals surface area contributed by atoms with Crippen LogP contribution in [0.5, 0.6) is 0 Å². The topological polar surface area (TPSA) is 122 Å². The molecule has 2 aliphatic rings. The first kappa shape index (κ1) is 18.8. The van der Waals surface area contributed by atoms with Gasteiger partial charge in [-0.15, -0.1) is 0 Å². The van der Waals surface area contributed by atoms with E-state index in [4.69, 9.17) is 5.73 Å². The minimum Gasteiger partial charge on any atom is -0.354 e. The highest BCUT2D eigenvalue weighted by atomic mass is 32.2. The number of amides is 2. The van der Waals surface area contributed by atoms with Gasteiger partial charge in [0.15, 0.2) is 0 Å². The van der Waals surface area contributed by atoms with Crippen molar-refractivity contribution >= 4 is 21.8 Å². The third-order valence-corrected chi connectivity index (χ3v) is 6.92. The maximum Gasteiger partial charge on any atom is 0.251 e. The van der Waals surface area contributed by atoms with E-state index in [-0.39, 0.29) is 36.3 Å². The van der Waals surface area contributed by atoms with Crippen molar-refractivity contribution in [3.63, 3.8) is 0 Å². The van der Waals surface area contributed by atoms with Crippen LogP contribution < -0.4 is 16.4 Å². The molecule has 0 aromatic heterocycles. The molecule has 4 N–H and O–H groups in total. The number of carbonyl (C=O) groups is 2. The molecule has 0 bridgehead atoms. The minimum absolute atomic E-state index is 0.0625. The van der Waals surface area contributed by atoms with Crippen LogP contribution in [0.1, 0.15) is 30.1 Å². The third kappa shape index (κ3) is 3.74. The van der Waals surface area contributed by atoms with E-state index in [1.807, 2.05) is 6.92 Å². The van der Waals surface area contributed by atoms with Crippen molar-refractivity contribution in [3.8, 4) is 0 Å². The van der Waals surface area contributed by atoms with E-state index < -0.39 is 15.6 Å². The Morgan fingerprint density at radius 2 is 2.00 bits per heavy atom. The maximum absolute atomic E-state index is 12.6. The van der Waals surface area contributed by atoms with Crippen LogP contribution in [0.3, 0.4) is 0 Å². The van der Waals surface area contributed by atoms with Crippen LogP contribution in [0.25, 0.3) is 0 Å². The van der Waals surface area contributed by atoms with Crippen LogP contribution in [0.4, 0.5) is 0 Å². The van der Waals surface area contributed by atoms with Crippen molar-refractivity contribution in [1.82, 2.24) is 14.9 Å². The fourth-order valence-electron chi connectivity index (χ4n) is 3.12. The van der Waals surface area contributed by atoms with E-state index >= 15 is 0 Å². The molecule has 0 spiro atoms. The van der Waals surface area contributed by atoms with Crippen molar-refractivity contribution in [1.29, 1.82) is 0 Å². The van der Waals surface area contributed by atoms with Crippen molar-refractivity contribution < 1.29 is 18.0 Å². The largest absolute Gasteiger partial charge is 0.354 e. The summed E-state index contributed by atoms with van der Waals surface area (Å²) >= 11 is 0. The van der Waals surface area contributed by atoms with Gasteiger partial charge in [-0.25, -0.2) is 8.42 Å². The number of nitrogens with one attached hydrogen (secondary N) is 2. The fourth-order valence-corrected chi connectivity index (χ4v) is 4.52. The van der Waals surface area contributed by atoms with Gasteiger partial charge in [0.25, 0.3) is 5.91 Å². The quantitative estimate of drug-likeness (QED) is 0.624. The summed E-state index contributed by atoms with van der Waals surface area (Å²) in [5, 5.41) is 5.56. The summed E-state index contributed by atoms with van der Waals surface area (Å²) < 4.78 is 26.4. The van der Waals surface area contributed by atoms with Crippen LogP contribution >= 0.6 is 0 Å². The summed E-state index contributed by atoms with van der Waals surface area (Å²) in [7, 11) is -3.76. The van der Waals surface area contributed by atoms with Gasteiger partial charge < -0.3 is 16.4 Å². The highest BCUT2D eigenvalue weighted by Crippen LogP contribution is 2.39. The molecule has 0 radical (unpaired) electrons. The van der Waals surface area contributed by atoms with Gasteiger partial charge >= 0.3 is 0 Å². The average molecular weight is 380 g/mol. The summed E-state index contributed by atoms with van der Waals surface area (Å²) in [6.45, 7) is 2.61. The molecule has 1 aromatic rings. The first-order valence-corrected chi connectivity index (χ1v) is 10.1. The van der Waals surface area contributed by atoms with Gasteiger partial charge in [0, 0.05) is 25.2 Å². The minimum atomic E-state index is -3.76. The van der Waals surface area contributed by atoms with Crippen LogP contribution in [0.2, 0.25) is 0 Å². The van der Waals surface area contributed by atoms with E-state index in [0.29, 0.717) is 18.0 Å². The lowest BCUT2D eigenvalue weighted by atomic mass is 9.95. The molecule has 2 amide bonds. The predicted molar refractivity (Wildman–Crippen MR) is 95.9 cm³/mol. The molecule has 1 aliphatic heterocycles. The highest BCUT2D eigenvalue weighted by molar-refractivity contribution is 7.89. The van der Waals surface area contributed by atoms with Crippen LogP contribution in [0.15, 0.2) is 29.2 Å². The molecule has 26 heavy (non-hydrogen) atoms. The summed E-state index contributed by atoms with van der Waals surface area (Å²) in [4.78, 5) is 24.0. The van der Waals surface area contributed by atoms with Crippen molar-refractivity contribution in [3.05, 3.63) is 29.8 Å². The first-order chi connectivity index (χ1) is 12.3. The Bertz CT molecular complexity index is 805. The summed E-state index contributed by atoms with van der Waals surface area (Å²) in [5.74, 6) is -0.204. The SMILES string of the molecule is CC(CN)(NC(=O)c1ccc(S(=O)(=O)N2CCNC(=O)C2)cc1)C1CC1. The van der Waals surface area contributed by atoms with Gasteiger partial charge in [-0.3, -0.25) is 9.59 Å². The van der Waals surface area contributed by atoms with E-state index in [1.54, 1.807) is 0 Å². The maximum atomic E-state index is 12.6. The Labute approximate surface area is 153 Å². The van der Waals surface area contributed by atoms with Gasteiger partial charge in [0.05, 0.1) is 17.0 Å². The van der Waals surface area contributed by atoms with Gasteiger partial charge in [-0.1, -0.05) is 0 Å². The van der Waals surface area contributed by atoms with E-state index in [1.165, 1.54) is 24.3 Å². The number of nitrogens with zero attached hydrogens (tertiary/aromatic N) is 1. The van der Waals surface area contributed by atoms with Crippen LogP contribution in [-0.4, -0.2) is 56.3 Å². The molecular weight excluding hydrogens is 356 g/mol. The lowest BCUT2D eigenvalue weighted by Crippen LogP contribution is -2.53. The highest BCUT2D eigenvalue weighted by Gasteiger charge is 2.41. The molecule has 1 unspecified atom stereocenters. The molecule has 1 aromatic carbocycles. The number of rotatable bonds is 6. The van der Waals surface area contributed by atoms with E-state index in [2.05, 4.69) is 10.6 Å². The Hall–Kier alpha value is -1.97. The van der Waals surface area contributed by atoms with Gasteiger partial charge in [0.1, 0.15) is 0 Å². The Kier molecular flexibility index (Phi) is 5.05. The zero-order valence-electron chi connectivity index (χ0n) is 14.7. The molecule has 8 nitrogen and oxygen atoms in total. The van der Waals surface area contributed by atoms with Gasteiger partial charge in [-0.05, 0) is 49.9 Å². The fraction of sp³-hybridized carbons (Fsp3) is 0.529. The zero-order valence-corrected chi connectivity index (χ0v) is 15.5. The van der Waals surface area contributed by atoms with Gasteiger partial charge in [0.2, 0.25) is 15.9 Å². The summed E-state index contributed by atoms with van der Waals surface area (Å²) in [5.41, 5.74) is 5.75. The number of hydrogen-bond donors (Lipinski definition) is 3. The standard InChI is InChI=1S/C17H24N4O4S/c1-17(11-18,13-4-5-13)20-16(23)12-2-6-14(7-3-12)26(24,25)21-9-8-19-15(22)10-21/h2-3,6-7,13H,4-5,8-11,18H2,1H3,(H,19,22)(H,20,23). The normalized spacial score (nSPS) is 20.9. The molecule has 1 saturated carbocycles. The molecule has 1 heterocycles. The molecular formula is C17H24N4O4S. The number of piperazine rings is 1. The first-order valence-electron chi connectivity index (χ1n) is 8.66. The van der Waals surface area contributed by atoms with Crippen molar-refractivity contribution in [2.24, 2.45) is 11.7 Å². The van der Waals surface area contributed by atoms with Crippen LogP contribution in [-0.2, 0) is 14.8 Å². The summed E-state index contributed by atoms with van der Waals surface area (Å²) in [6, 6.07) is 5.76. The van der Waals surface area contributed by atoms with Crippen LogP contribution in [0, 0.1) is 5.92 Å². The second-order valence-electron chi connectivity index (χ2n) is 7.06. The molecule has 9 heteroatoms.